The molecule has 1 aliphatic rings. The number of aromatic amines is 2. The first-order valence-corrected chi connectivity index (χ1v) is 8.84. The molecular weight excluding hydrogens is 342 g/mol. The molecule has 6 nitrogen and oxygen atoms in total. The Balaban J connectivity index is 1.66. The number of carbonyl (C=O) groups is 2. The van der Waals surface area contributed by atoms with Crippen LogP contribution in [0, 0.1) is 0 Å². The molecule has 3 N–H and O–H groups in total. The van der Waals surface area contributed by atoms with Crippen LogP contribution in [-0.4, -0.2) is 33.2 Å². The molecule has 4 rings (SSSR count). The van der Waals surface area contributed by atoms with Gasteiger partial charge in [-0.2, -0.15) is 0 Å². The zero-order chi connectivity index (χ0) is 19.0. The Morgan fingerprint density at radius 2 is 2.07 bits per heavy atom. The van der Waals surface area contributed by atoms with Crippen molar-refractivity contribution in [3.8, 4) is 0 Å². The zero-order valence-electron chi connectivity index (χ0n) is 14.9. The SMILES string of the molecule is CC(=O)C1=C(O)C(=O)N(CCc2c[nH]c3ccccc23)C1c1ccc[nH+]c1. The number of aromatic nitrogens is 2. The third kappa shape index (κ3) is 2.89. The lowest BCUT2D eigenvalue weighted by atomic mass is 9.98. The van der Waals surface area contributed by atoms with Crippen molar-refractivity contribution < 1.29 is 19.7 Å². The molecular formula is C21H20N3O3+. The second-order valence-corrected chi connectivity index (χ2v) is 6.67. The lowest BCUT2D eigenvalue weighted by molar-refractivity contribution is -0.379. The fourth-order valence-electron chi connectivity index (χ4n) is 3.75. The summed E-state index contributed by atoms with van der Waals surface area (Å²) in [5.41, 5.74) is 3.05. The number of aliphatic hydroxyl groups is 1. The Labute approximate surface area is 156 Å². The number of pyridine rings is 1. The number of amides is 1. The van der Waals surface area contributed by atoms with Gasteiger partial charge in [-0.15, -0.1) is 0 Å². The summed E-state index contributed by atoms with van der Waals surface area (Å²) >= 11 is 0. The van der Waals surface area contributed by atoms with Crippen LogP contribution in [0.1, 0.15) is 24.1 Å². The van der Waals surface area contributed by atoms with Crippen LogP contribution in [0.5, 0.6) is 0 Å². The summed E-state index contributed by atoms with van der Waals surface area (Å²) in [6.45, 7) is 1.77. The summed E-state index contributed by atoms with van der Waals surface area (Å²) < 4.78 is 0. The van der Waals surface area contributed by atoms with Crippen LogP contribution in [0.15, 0.2) is 66.3 Å². The van der Waals surface area contributed by atoms with E-state index in [-0.39, 0.29) is 11.4 Å². The van der Waals surface area contributed by atoms with Gasteiger partial charge < -0.3 is 15.0 Å². The van der Waals surface area contributed by atoms with E-state index < -0.39 is 17.7 Å². The van der Waals surface area contributed by atoms with E-state index in [9.17, 15) is 14.7 Å². The van der Waals surface area contributed by atoms with Crippen LogP contribution >= 0.6 is 0 Å². The van der Waals surface area contributed by atoms with E-state index >= 15 is 0 Å². The fourth-order valence-corrected chi connectivity index (χ4v) is 3.75. The summed E-state index contributed by atoms with van der Waals surface area (Å²) in [4.78, 5) is 32.6. The molecule has 0 saturated heterocycles. The van der Waals surface area contributed by atoms with Crippen molar-refractivity contribution in [1.29, 1.82) is 0 Å². The number of nitrogens with zero attached hydrogens (tertiary/aromatic N) is 1. The van der Waals surface area contributed by atoms with E-state index in [1.165, 1.54) is 6.92 Å². The van der Waals surface area contributed by atoms with Gasteiger partial charge in [0.2, 0.25) is 0 Å². The molecule has 6 heteroatoms. The maximum Gasteiger partial charge on any atom is 0.290 e. The first-order valence-electron chi connectivity index (χ1n) is 8.84. The molecule has 1 amide bonds. The first-order chi connectivity index (χ1) is 13.1. The number of hydrogen-bond donors (Lipinski definition) is 2. The number of Topliss-reactive ketones (excluding diaryl/α,β-unsaturated/α-hetero) is 1. The van der Waals surface area contributed by atoms with Crippen molar-refractivity contribution >= 4 is 22.6 Å². The van der Waals surface area contributed by atoms with Crippen LogP contribution in [0.25, 0.3) is 10.9 Å². The van der Waals surface area contributed by atoms with Crippen molar-refractivity contribution in [1.82, 2.24) is 9.88 Å². The molecule has 27 heavy (non-hydrogen) atoms. The molecule has 1 unspecified atom stereocenters. The lowest BCUT2D eigenvalue weighted by Crippen LogP contribution is -2.33. The smallest absolute Gasteiger partial charge is 0.290 e. The minimum Gasteiger partial charge on any atom is -0.503 e. The number of ketones is 1. The van der Waals surface area contributed by atoms with Crippen molar-refractivity contribution in [2.24, 2.45) is 0 Å². The maximum atomic E-state index is 12.7. The summed E-state index contributed by atoms with van der Waals surface area (Å²) in [6.07, 6.45) is 6.06. The first kappa shape index (κ1) is 17.0. The van der Waals surface area contributed by atoms with Gasteiger partial charge in [-0.25, -0.2) is 4.98 Å². The number of nitrogens with one attached hydrogen (secondary N) is 2. The van der Waals surface area contributed by atoms with Crippen LogP contribution in [-0.2, 0) is 16.0 Å². The molecule has 1 aromatic carbocycles. The number of benzene rings is 1. The van der Waals surface area contributed by atoms with Crippen LogP contribution < -0.4 is 4.98 Å². The van der Waals surface area contributed by atoms with Crippen LogP contribution in [0.4, 0.5) is 0 Å². The number of para-hydroxylation sites is 1. The van der Waals surface area contributed by atoms with Gasteiger partial charge in [0.15, 0.2) is 23.9 Å². The molecule has 3 aromatic rings. The maximum absolute atomic E-state index is 12.7. The highest BCUT2D eigenvalue weighted by Gasteiger charge is 2.42. The second kappa shape index (κ2) is 6.72. The number of H-pyrrole nitrogens is 2. The molecule has 1 aliphatic heterocycles. The summed E-state index contributed by atoms with van der Waals surface area (Å²) in [7, 11) is 0. The van der Waals surface area contributed by atoms with Crippen molar-refractivity contribution in [3.63, 3.8) is 0 Å². The molecule has 0 spiro atoms. The molecule has 0 aliphatic carbocycles. The number of hydrogen-bond acceptors (Lipinski definition) is 3. The Hall–Kier alpha value is -3.41. The molecule has 1 atom stereocenters. The molecule has 0 saturated carbocycles. The Kier molecular flexibility index (Phi) is 4.24. The van der Waals surface area contributed by atoms with Gasteiger partial charge in [-0.1, -0.05) is 18.2 Å². The minimum absolute atomic E-state index is 0.151. The van der Waals surface area contributed by atoms with E-state index in [2.05, 4.69) is 9.97 Å². The minimum atomic E-state index is -0.586. The highest BCUT2D eigenvalue weighted by molar-refractivity contribution is 6.08. The topological polar surface area (TPSA) is 87.5 Å². The fraction of sp³-hybridized carbons (Fsp3) is 0.190. The molecule has 0 bridgehead atoms. The van der Waals surface area contributed by atoms with Crippen molar-refractivity contribution in [2.45, 2.75) is 19.4 Å². The quantitative estimate of drug-likeness (QED) is 0.731. The van der Waals surface area contributed by atoms with Gasteiger partial charge in [0, 0.05) is 35.3 Å². The van der Waals surface area contributed by atoms with Crippen molar-refractivity contribution in [2.75, 3.05) is 6.54 Å². The highest BCUT2D eigenvalue weighted by atomic mass is 16.3. The lowest BCUT2D eigenvalue weighted by Gasteiger charge is -2.25. The van der Waals surface area contributed by atoms with Gasteiger partial charge in [0.1, 0.15) is 0 Å². The Morgan fingerprint density at radius 3 is 2.81 bits per heavy atom. The Morgan fingerprint density at radius 1 is 1.26 bits per heavy atom. The number of rotatable bonds is 5. The summed E-state index contributed by atoms with van der Waals surface area (Å²) in [5, 5.41) is 11.4. The second-order valence-electron chi connectivity index (χ2n) is 6.67. The van der Waals surface area contributed by atoms with E-state index in [1.807, 2.05) is 42.6 Å². The third-order valence-corrected chi connectivity index (χ3v) is 5.03. The summed E-state index contributed by atoms with van der Waals surface area (Å²) in [6, 6.07) is 11.1. The number of carbonyl (C=O) groups excluding carboxylic acids is 2. The molecule has 0 fully saturated rings. The third-order valence-electron chi connectivity index (χ3n) is 5.03. The van der Waals surface area contributed by atoms with E-state index in [4.69, 9.17) is 0 Å². The normalized spacial score (nSPS) is 17.1. The predicted octanol–water partition coefficient (Wildman–Crippen LogP) is 2.51. The van der Waals surface area contributed by atoms with E-state index in [0.717, 1.165) is 22.0 Å². The number of fused-ring (bicyclic) bond motifs is 1. The van der Waals surface area contributed by atoms with Crippen LogP contribution in [0.2, 0.25) is 0 Å². The largest absolute Gasteiger partial charge is 0.503 e. The van der Waals surface area contributed by atoms with Gasteiger partial charge >= 0.3 is 0 Å². The van der Waals surface area contributed by atoms with Gasteiger partial charge in [-0.05, 0) is 31.0 Å². The monoisotopic (exact) mass is 362 g/mol. The number of aliphatic hydroxyl groups excluding tert-OH is 1. The van der Waals surface area contributed by atoms with Crippen LogP contribution in [0.3, 0.4) is 0 Å². The standard InChI is InChI=1S/C21H19N3O3/c1-13(25)18-19(15-5-4-9-22-11-15)24(21(27)20(18)26)10-8-14-12-23-17-7-3-2-6-16(14)17/h2-7,9,11-12,19,23,26H,8,10H2,1H3/p+1. The Bertz CT molecular complexity index is 1050. The van der Waals surface area contributed by atoms with E-state index in [0.29, 0.717) is 13.0 Å². The average molecular weight is 362 g/mol. The molecule has 136 valence electrons. The highest BCUT2D eigenvalue weighted by Crippen LogP contribution is 2.37. The summed E-state index contributed by atoms with van der Waals surface area (Å²) in [5.74, 6) is -1.26. The van der Waals surface area contributed by atoms with Gasteiger partial charge in [0.05, 0.1) is 11.6 Å². The van der Waals surface area contributed by atoms with Gasteiger partial charge in [-0.3, -0.25) is 9.59 Å². The van der Waals surface area contributed by atoms with Gasteiger partial charge in [0.25, 0.3) is 5.91 Å². The zero-order valence-corrected chi connectivity index (χ0v) is 14.9. The molecule has 2 aromatic heterocycles. The predicted molar refractivity (Wildman–Crippen MR) is 99.8 cm³/mol. The molecule has 0 radical (unpaired) electrons. The van der Waals surface area contributed by atoms with E-state index in [1.54, 1.807) is 17.3 Å². The molecule has 3 heterocycles. The van der Waals surface area contributed by atoms with Crippen molar-refractivity contribution in [3.05, 3.63) is 77.4 Å². The average Bonchev–Trinajstić information content (AvgIpc) is 3.20.